The Bertz CT molecular complexity index is 3370. The number of rotatable bonds is 4. The van der Waals surface area contributed by atoms with Crippen molar-refractivity contribution in [2.75, 3.05) is 0 Å². The van der Waals surface area contributed by atoms with Crippen LogP contribution in [0.2, 0.25) is 0 Å². The van der Waals surface area contributed by atoms with Crippen molar-refractivity contribution in [3.05, 3.63) is 256 Å². The van der Waals surface area contributed by atoms with Crippen LogP contribution in [0.15, 0.2) is 206 Å². The molecule has 10 aromatic rings. The second-order valence-corrected chi connectivity index (χ2v) is 17.6. The van der Waals surface area contributed by atoms with Gasteiger partial charge in [-0.15, -0.1) is 0 Å². The second-order valence-electron chi connectivity index (χ2n) is 17.6. The van der Waals surface area contributed by atoms with Gasteiger partial charge in [-0.25, -0.2) is 0 Å². The minimum absolute atomic E-state index is 0.0618. The molecule has 60 heavy (non-hydrogen) atoms. The van der Waals surface area contributed by atoms with E-state index in [4.69, 9.17) is 0 Å². The van der Waals surface area contributed by atoms with Crippen LogP contribution in [0, 0.1) is 0 Å². The summed E-state index contributed by atoms with van der Waals surface area (Å²) in [6.07, 6.45) is 0. The molecule has 0 bridgehead atoms. The fourth-order valence-electron chi connectivity index (χ4n) is 11.8. The van der Waals surface area contributed by atoms with E-state index in [1.54, 1.807) is 0 Å². The predicted octanol–water partition coefficient (Wildman–Crippen LogP) is 14.6. The molecule has 2 heterocycles. The van der Waals surface area contributed by atoms with Crippen LogP contribution in [0.1, 0.15) is 69.8 Å². The average Bonchev–Trinajstić information content (AvgIpc) is 3.88. The molecule has 0 amide bonds. The lowest BCUT2D eigenvalue weighted by Gasteiger charge is -2.40. The van der Waals surface area contributed by atoms with Crippen LogP contribution in [0.4, 0.5) is 0 Å². The molecule has 0 N–H and O–H groups in total. The number of hydrogen-bond donors (Lipinski definition) is 0. The van der Waals surface area contributed by atoms with Gasteiger partial charge in [-0.05, 0) is 108 Å². The molecule has 0 saturated carbocycles. The molecule has 1 unspecified atom stereocenters. The molecule has 2 aliphatic carbocycles. The SMILES string of the molecule is CC1(C)c2ccccc2-c2ccc(C(c3ccccc3)c3cccc(-c4cc5c6c(c4)c4ccccc4n6-c4ccccc4C54c5ccccc5-c5ccccc54)c3)cc21. The Morgan fingerprint density at radius 2 is 0.950 bits per heavy atom. The Hall–Kier alpha value is -7.22. The first kappa shape index (κ1) is 33.7. The van der Waals surface area contributed by atoms with E-state index in [2.05, 4.69) is 225 Å². The lowest BCUT2D eigenvalue weighted by molar-refractivity contribution is 0.659. The quantitative estimate of drug-likeness (QED) is 0.157. The molecule has 3 aliphatic rings. The summed E-state index contributed by atoms with van der Waals surface area (Å²) < 4.78 is 2.55. The van der Waals surface area contributed by atoms with Crippen molar-refractivity contribution in [2.24, 2.45) is 0 Å². The molecule has 0 fully saturated rings. The molecule has 9 aromatic carbocycles. The second kappa shape index (κ2) is 12.2. The summed E-state index contributed by atoms with van der Waals surface area (Å²) in [6.45, 7) is 4.76. The van der Waals surface area contributed by atoms with E-state index in [0.717, 1.165) is 0 Å². The van der Waals surface area contributed by atoms with Gasteiger partial charge in [0.05, 0.1) is 22.1 Å². The third kappa shape index (κ3) is 4.31. The van der Waals surface area contributed by atoms with Gasteiger partial charge < -0.3 is 4.57 Å². The largest absolute Gasteiger partial charge is 0.309 e. The monoisotopic (exact) mass is 763 g/mol. The van der Waals surface area contributed by atoms with Gasteiger partial charge in [0.1, 0.15) is 0 Å². The van der Waals surface area contributed by atoms with Crippen molar-refractivity contribution >= 4 is 21.8 Å². The zero-order valence-electron chi connectivity index (χ0n) is 33.7. The predicted molar refractivity (Wildman–Crippen MR) is 248 cm³/mol. The molecule has 1 nitrogen and oxygen atoms in total. The smallest absolute Gasteiger partial charge is 0.0754 e. The fourth-order valence-corrected chi connectivity index (χ4v) is 11.8. The first-order valence-electron chi connectivity index (χ1n) is 21.3. The highest BCUT2D eigenvalue weighted by Crippen LogP contribution is 2.61. The summed E-state index contributed by atoms with van der Waals surface area (Å²) in [5.41, 5.74) is 23.1. The summed E-state index contributed by atoms with van der Waals surface area (Å²) in [6, 6.07) is 78.1. The maximum absolute atomic E-state index is 2.55. The molecule has 1 aromatic heterocycles. The van der Waals surface area contributed by atoms with Crippen LogP contribution < -0.4 is 0 Å². The highest BCUT2D eigenvalue weighted by Gasteiger charge is 2.51. The molecule has 282 valence electrons. The summed E-state index contributed by atoms with van der Waals surface area (Å²) in [5, 5.41) is 2.57. The first-order valence-corrected chi connectivity index (χ1v) is 21.3. The normalized spacial score (nSPS) is 15.0. The number of nitrogens with zero attached hydrogens (tertiary/aromatic N) is 1. The fraction of sp³-hybridized carbons (Fsp3) is 0.0847. The van der Waals surface area contributed by atoms with Gasteiger partial charge in [-0.1, -0.05) is 196 Å². The topological polar surface area (TPSA) is 4.93 Å². The van der Waals surface area contributed by atoms with Gasteiger partial charge in [-0.2, -0.15) is 0 Å². The number of aromatic nitrogens is 1. The Morgan fingerprint density at radius 3 is 1.72 bits per heavy atom. The lowest BCUT2D eigenvalue weighted by Crippen LogP contribution is -2.33. The number of fused-ring (bicyclic) bond motifs is 15. The summed E-state index contributed by atoms with van der Waals surface area (Å²) in [7, 11) is 0. The Labute approximate surface area is 350 Å². The van der Waals surface area contributed by atoms with Crippen LogP contribution in [0.3, 0.4) is 0 Å². The van der Waals surface area contributed by atoms with E-state index < -0.39 is 5.41 Å². The van der Waals surface area contributed by atoms with Crippen LogP contribution in [-0.2, 0) is 10.8 Å². The van der Waals surface area contributed by atoms with Gasteiger partial charge in [-0.3, -0.25) is 0 Å². The summed E-state index contributed by atoms with van der Waals surface area (Å²) in [5.74, 6) is 0.0618. The molecule has 0 saturated heterocycles. The minimum atomic E-state index is -0.485. The Kier molecular flexibility index (Phi) is 6.84. The molecular formula is C59H41N. The highest BCUT2D eigenvalue weighted by atomic mass is 15.0. The molecule has 0 radical (unpaired) electrons. The maximum Gasteiger partial charge on any atom is 0.0754 e. The Morgan fingerprint density at radius 1 is 0.367 bits per heavy atom. The Balaban J connectivity index is 1.07. The van der Waals surface area contributed by atoms with Gasteiger partial charge in [0, 0.05) is 22.1 Å². The van der Waals surface area contributed by atoms with Crippen molar-refractivity contribution in [1.29, 1.82) is 0 Å². The van der Waals surface area contributed by atoms with E-state index >= 15 is 0 Å². The van der Waals surface area contributed by atoms with E-state index in [1.165, 1.54) is 111 Å². The van der Waals surface area contributed by atoms with Gasteiger partial charge in [0.25, 0.3) is 0 Å². The lowest BCUT2D eigenvalue weighted by atomic mass is 9.65. The van der Waals surface area contributed by atoms with Gasteiger partial charge in [0.2, 0.25) is 0 Å². The molecular weight excluding hydrogens is 723 g/mol. The van der Waals surface area contributed by atoms with E-state index in [0.29, 0.717) is 0 Å². The number of hydrogen-bond acceptors (Lipinski definition) is 0. The summed E-state index contributed by atoms with van der Waals surface area (Å²) in [4.78, 5) is 0. The van der Waals surface area contributed by atoms with Crippen LogP contribution in [-0.4, -0.2) is 4.57 Å². The maximum atomic E-state index is 2.55. The van der Waals surface area contributed by atoms with Crippen LogP contribution >= 0.6 is 0 Å². The van der Waals surface area contributed by atoms with Crippen molar-refractivity contribution < 1.29 is 0 Å². The molecule has 13 rings (SSSR count). The average molecular weight is 764 g/mol. The van der Waals surface area contributed by atoms with Gasteiger partial charge in [0.15, 0.2) is 0 Å². The van der Waals surface area contributed by atoms with E-state index in [1.807, 2.05) is 0 Å². The van der Waals surface area contributed by atoms with Crippen LogP contribution in [0.25, 0.3) is 60.9 Å². The van der Waals surface area contributed by atoms with Crippen molar-refractivity contribution in [3.8, 4) is 39.1 Å². The highest BCUT2D eigenvalue weighted by molar-refractivity contribution is 6.14. The first-order chi connectivity index (χ1) is 29.5. The van der Waals surface area contributed by atoms with Crippen molar-refractivity contribution in [1.82, 2.24) is 4.57 Å². The zero-order chi connectivity index (χ0) is 39.7. The zero-order valence-corrected chi connectivity index (χ0v) is 33.7. The summed E-state index contributed by atoms with van der Waals surface area (Å²) >= 11 is 0. The molecule has 1 atom stereocenters. The minimum Gasteiger partial charge on any atom is -0.309 e. The van der Waals surface area contributed by atoms with Crippen LogP contribution in [0.5, 0.6) is 0 Å². The molecule has 1 spiro atoms. The van der Waals surface area contributed by atoms with Crippen molar-refractivity contribution in [2.45, 2.75) is 30.6 Å². The van der Waals surface area contributed by atoms with Gasteiger partial charge >= 0.3 is 0 Å². The third-order valence-electron chi connectivity index (χ3n) is 14.3. The molecule has 1 heteroatoms. The van der Waals surface area contributed by atoms with E-state index in [9.17, 15) is 0 Å². The molecule has 1 aliphatic heterocycles. The van der Waals surface area contributed by atoms with Crippen molar-refractivity contribution in [3.63, 3.8) is 0 Å². The standard InChI is InChI=1S/C59H41N/c1-58(2)48-25-10-6-21-42(48)45-32-31-40(35-52(45)58)56(37-17-4-3-5-18-37)39-20-16-19-38(33-39)41-34-47-46-24-9-14-29-54(46)60-55-30-15-13-28-51(55)59(53(36-41)57(47)60)49-26-11-7-22-43(49)44-23-8-12-27-50(44)59/h3-36,56H,1-2H3. The third-order valence-corrected chi connectivity index (χ3v) is 14.3. The van der Waals surface area contributed by atoms with E-state index in [-0.39, 0.29) is 11.3 Å². The number of benzene rings is 9. The number of para-hydroxylation sites is 2.